The summed E-state index contributed by atoms with van der Waals surface area (Å²) < 4.78 is 13.3. The summed E-state index contributed by atoms with van der Waals surface area (Å²) >= 11 is 2.67. The summed E-state index contributed by atoms with van der Waals surface area (Å²) in [6, 6.07) is 10.4. The highest BCUT2D eigenvalue weighted by Gasteiger charge is 2.38. The number of likely N-dealkylation sites (tertiary alicyclic amines) is 2. The highest BCUT2D eigenvalue weighted by molar-refractivity contribution is 7.13. The van der Waals surface area contributed by atoms with Crippen LogP contribution >= 0.6 is 22.7 Å². The third kappa shape index (κ3) is 4.92. The van der Waals surface area contributed by atoms with E-state index in [1.807, 2.05) is 17.0 Å². The van der Waals surface area contributed by atoms with Crippen molar-refractivity contribution < 1.29 is 14.1 Å². The second-order valence-electron chi connectivity index (χ2n) is 9.19. The molecule has 2 aromatic heterocycles. The van der Waals surface area contributed by atoms with Gasteiger partial charge in [0.1, 0.15) is 5.82 Å². The predicted molar refractivity (Wildman–Crippen MR) is 132 cm³/mol. The molecule has 6 nitrogen and oxygen atoms in total. The molecule has 2 saturated heterocycles. The Morgan fingerprint density at radius 1 is 1.09 bits per heavy atom. The van der Waals surface area contributed by atoms with Gasteiger partial charge in [0.15, 0.2) is 0 Å². The van der Waals surface area contributed by atoms with E-state index in [2.05, 4.69) is 21.7 Å². The number of hydrogen-bond donors (Lipinski definition) is 0. The number of amides is 1. The number of carbonyl (C=O) groups excluding carboxylic acids is 1. The summed E-state index contributed by atoms with van der Waals surface area (Å²) in [6.45, 7) is 4.18. The lowest BCUT2D eigenvalue weighted by Gasteiger charge is -2.34. The number of carbonyl (C=O) groups is 1. The van der Waals surface area contributed by atoms with E-state index in [0.29, 0.717) is 30.5 Å². The molecule has 4 heterocycles. The molecule has 0 saturated carbocycles. The monoisotopic (exact) mass is 499 g/mol. The molecule has 5 rings (SSSR count). The summed E-state index contributed by atoms with van der Waals surface area (Å²) in [4.78, 5) is 28.1. The van der Waals surface area contributed by atoms with Crippen molar-refractivity contribution in [2.75, 3.05) is 32.7 Å². The van der Waals surface area contributed by atoms with E-state index in [9.17, 15) is 19.3 Å². The first-order valence-electron chi connectivity index (χ1n) is 11.5. The Morgan fingerprint density at radius 3 is 2.50 bits per heavy atom. The quantitative estimate of drug-likeness (QED) is 0.327. The van der Waals surface area contributed by atoms with Crippen LogP contribution in [-0.2, 0) is 0 Å². The van der Waals surface area contributed by atoms with Crippen LogP contribution in [0.3, 0.4) is 0 Å². The molecule has 2 atom stereocenters. The van der Waals surface area contributed by atoms with Crippen LogP contribution in [0.25, 0.3) is 0 Å². The maximum absolute atomic E-state index is 13.3. The zero-order valence-corrected chi connectivity index (χ0v) is 20.3. The molecule has 2 aliphatic heterocycles. The van der Waals surface area contributed by atoms with Crippen LogP contribution < -0.4 is 0 Å². The van der Waals surface area contributed by atoms with Gasteiger partial charge in [-0.3, -0.25) is 14.9 Å². The Balaban J connectivity index is 1.25. The van der Waals surface area contributed by atoms with Crippen LogP contribution in [0.15, 0.2) is 52.5 Å². The van der Waals surface area contributed by atoms with Crippen LogP contribution in [0, 0.1) is 21.8 Å². The van der Waals surface area contributed by atoms with Gasteiger partial charge in [-0.15, -0.1) is 0 Å². The van der Waals surface area contributed by atoms with Crippen LogP contribution in [-0.4, -0.2) is 53.4 Å². The van der Waals surface area contributed by atoms with Crippen molar-refractivity contribution in [1.82, 2.24) is 9.80 Å². The molecular formula is C25H26FN3O3S2. The number of hydrogen-bond acceptors (Lipinski definition) is 6. The number of rotatable bonds is 6. The molecule has 2 fully saturated rings. The third-order valence-electron chi connectivity index (χ3n) is 7.13. The van der Waals surface area contributed by atoms with E-state index in [0.717, 1.165) is 43.8 Å². The van der Waals surface area contributed by atoms with Gasteiger partial charge in [-0.1, -0.05) is 23.5 Å². The smallest absolute Gasteiger partial charge is 0.324 e. The van der Waals surface area contributed by atoms with Gasteiger partial charge >= 0.3 is 5.00 Å². The van der Waals surface area contributed by atoms with E-state index in [1.165, 1.54) is 17.2 Å². The lowest BCUT2D eigenvalue weighted by Crippen LogP contribution is -2.38. The minimum atomic E-state index is -0.446. The zero-order valence-electron chi connectivity index (χ0n) is 18.6. The average Bonchev–Trinajstić information content (AvgIpc) is 3.60. The largest absolute Gasteiger partial charge is 0.338 e. The summed E-state index contributed by atoms with van der Waals surface area (Å²) in [5.41, 5.74) is 2.88. The molecule has 34 heavy (non-hydrogen) atoms. The molecule has 0 aliphatic carbocycles. The highest BCUT2D eigenvalue weighted by atomic mass is 32.1. The van der Waals surface area contributed by atoms with Crippen molar-refractivity contribution in [3.8, 4) is 0 Å². The van der Waals surface area contributed by atoms with Crippen LogP contribution in [0.5, 0.6) is 0 Å². The highest BCUT2D eigenvalue weighted by Crippen LogP contribution is 2.37. The molecule has 0 N–H and O–H groups in total. The van der Waals surface area contributed by atoms with Gasteiger partial charge in [0.05, 0.1) is 10.5 Å². The predicted octanol–water partition coefficient (Wildman–Crippen LogP) is 5.59. The maximum Gasteiger partial charge on any atom is 0.324 e. The van der Waals surface area contributed by atoms with Gasteiger partial charge in [-0.2, -0.15) is 11.3 Å². The molecule has 9 heteroatoms. The van der Waals surface area contributed by atoms with Crippen molar-refractivity contribution >= 4 is 33.6 Å². The van der Waals surface area contributed by atoms with E-state index in [-0.39, 0.29) is 22.6 Å². The Bertz CT molecular complexity index is 1140. The Labute approximate surface area is 205 Å². The van der Waals surface area contributed by atoms with Gasteiger partial charge in [0.2, 0.25) is 0 Å². The van der Waals surface area contributed by atoms with Crippen molar-refractivity contribution in [2.45, 2.75) is 24.7 Å². The van der Waals surface area contributed by atoms with Crippen LogP contribution in [0.1, 0.15) is 46.2 Å². The minimum absolute atomic E-state index is 0.00231. The number of halogens is 1. The fourth-order valence-electron chi connectivity index (χ4n) is 5.32. The summed E-state index contributed by atoms with van der Waals surface area (Å²) in [6.07, 6.45) is 2.09. The molecule has 1 aromatic carbocycles. The number of nitrogens with zero attached hydrogens (tertiary/aromatic N) is 3. The average molecular weight is 500 g/mol. The topological polar surface area (TPSA) is 66.7 Å². The molecule has 0 unspecified atom stereocenters. The Kier molecular flexibility index (Phi) is 6.76. The number of benzene rings is 1. The van der Waals surface area contributed by atoms with Gasteiger partial charge in [-0.25, -0.2) is 4.39 Å². The normalized spacial score (nSPS) is 21.7. The molecule has 0 radical (unpaired) electrons. The third-order valence-corrected chi connectivity index (χ3v) is 8.72. The van der Waals surface area contributed by atoms with E-state index in [1.54, 1.807) is 28.8 Å². The van der Waals surface area contributed by atoms with E-state index < -0.39 is 4.92 Å². The minimum Gasteiger partial charge on any atom is -0.338 e. The van der Waals surface area contributed by atoms with Crippen LogP contribution in [0.2, 0.25) is 0 Å². The second-order valence-corrected chi connectivity index (χ2v) is 10.9. The first-order valence-corrected chi connectivity index (χ1v) is 13.3. The van der Waals surface area contributed by atoms with Gasteiger partial charge in [0.25, 0.3) is 5.91 Å². The lowest BCUT2D eigenvalue weighted by atomic mass is 9.87. The van der Waals surface area contributed by atoms with Crippen molar-refractivity contribution in [3.05, 3.63) is 85.2 Å². The number of piperidine rings is 1. The molecule has 0 bridgehead atoms. The molecule has 2 aliphatic rings. The summed E-state index contributed by atoms with van der Waals surface area (Å²) in [5.74, 6) is 0.717. The van der Waals surface area contributed by atoms with Crippen molar-refractivity contribution in [2.24, 2.45) is 5.92 Å². The van der Waals surface area contributed by atoms with Gasteiger partial charge in [0, 0.05) is 37.0 Å². The Hall–Kier alpha value is -2.62. The Morgan fingerprint density at radius 2 is 1.85 bits per heavy atom. The molecule has 178 valence electrons. The SMILES string of the molecule is O=C(c1csc([N+](=O)[O-])c1)N1C[C@@H](CN2CCC(c3ccc(F)cc3)CC2)[C@H](c2ccsc2)C1. The molecular weight excluding hydrogens is 473 g/mol. The fourth-order valence-corrected chi connectivity index (χ4v) is 6.74. The van der Waals surface area contributed by atoms with Crippen LogP contribution in [0.4, 0.5) is 9.39 Å². The van der Waals surface area contributed by atoms with Gasteiger partial charge < -0.3 is 9.80 Å². The second kappa shape index (κ2) is 9.93. The molecule has 1 amide bonds. The lowest BCUT2D eigenvalue weighted by molar-refractivity contribution is -0.380. The summed E-state index contributed by atoms with van der Waals surface area (Å²) in [7, 11) is 0. The van der Waals surface area contributed by atoms with Gasteiger partial charge in [-0.05, 0) is 77.9 Å². The number of nitro groups is 1. The maximum atomic E-state index is 13.3. The molecule has 3 aromatic rings. The standard InChI is InChI=1S/C25H26FN3O3S2/c26-22-3-1-17(2-4-22)18-5-8-27(9-6-18)12-21-13-28(14-23(21)19-7-10-33-15-19)25(30)20-11-24(29(31)32)34-16-20/h1-4,7,10-11,15-16,18,21,23H,5-6,8-9,12-14H2/t21-,23+/m1/s1. The van der Waals surface area contributed by atoms with E-state index in [4.69, 9.17) is 0 Å². The number of thiophene rings is 2. The first-order chi connectivity index (χ1) is 16.5. The zero-order chi connectivity index (χ0) is 23.7. The van der Waals surface area contributed by atoms with Crippen molar-refractivity contribution in [1.29, 1.82) is 0 Å². The van der Waals surface area contributed by atoms with Crippen molar-refractivity contribution in [3.63, 3.8) is 0 Å². The first kappa shape index (κ1) is 23.1. The fraction of sp³-hybridized carbons (Fsp3) is 0.400. The van der Waals surface area contributed by atoms with E-state index >= 15 is 0 Å². The molecule has 0 spiro atoms. The summed E-state index contributed by atoms with van der Waals surface area (Å²) in [5, 5.41) is 16.9.